The molecule has 1 fully saturated rings. The normalized spacial score (nSPS) is 30.4. The van der Waals surface area contributed by atoms with Crippen molar-refractivity contribution in [3.05, 3.63) is 42.0 Å². The molecule has 1 atom stereocenters. The zero-order valence-corrected chi connectivity index (χ0v) is 11.5. The summed E-state index contributed by atoms with van der Waals surface area (Å²) < 4.78 is 11.4. The molecule has 104 valence electrons. The van der Waals surface area contributed by atoms with E-state index in [2.05, 4.69) is 6.07 Å². The number of carbonyl (C=O) groups is 1. The largest absolute Gasteiger partial charge is 0.344 e. The summed E-state index contributed by atoms with van der Waals surface area (Å²) in [6, 6.07) is 8.02. The summed E-state index contributed by atoms with van der Waals surface area (Å²) >= 11 is 0. The fourth-order valence-corrected chi connectivity index (χ4v) is 3.59. The first kappa shape index (κ1) is 12.1. The van der Waals surface area contributed by atoms with E-state index in [9.17, 15) is 4.79 Å². The van der Waals surface area contributed by atoms with E-state index in [1.807, 2.05) is 37.4 Å². The van der Waals surface area contributed by atoms with Gasteiger partial charge in [-0.2, -0.15) is 0 Å². The Morgan fingerprint density at radius 2 is 1.85 bits per heavy atom. The lowest BCUT2D eigenvalue weighted by Crippen LogP contribution is -2.43. The van der Waals surface area contributed by atoms with Crippen molar-refractivity contribution >= 4 is 11.6 Å². The van der Waals surface area contributed by atoms with Gasteiger partial charge in [-0.1, -0.05) is 24.3 Å². The highest BCUT2D eigenvalue weighted by atomic mass is 16.7. The smallest absolute Gasteiger partial charge is 0.241 e. The maximum absolute atomic E-state index is 12.7. The molecular weight excluding hydrogens is 254 g/mol. The zero-order valence-electron chi connectivity index (χ0n) is 11.5. The van der Waals surface area contributed by atoms with Gasteiger partial charge in [0.15, 0.2) is 5.79 Å². The maximum atomic E-state index is 12.7. The highest BCUT2D eigenvalue weighted by Gasteiger charge is 2.52. The van der Waals surface area contributed by atoms with Crippen molar-refractivity contribution in [3.8, 4) is 0 Å². The van der Waals surface area contributed by atoms with Crippen LogP contribution in [0.4, 0.5) is 5.69 Å². The lowest BCUT2D eigenvalue weighted by atomic mass is 9.73. The SMILES string of the molecule is CN1C(=O)[C@@]2(C=CC3(CC2)OCCO3)c2ccccc21. The molecule has 0 aromatic heterocycles. The minimum Gasteiger partial charge on any atom is -0.344 e. The van der Waals surface area contributed by atoms with E-state index in [4.69, 9.17) is 9.47 Å². The first-order chi connectivity index (χ1) is 9.67. The van der Waals surface area contributed by atoms with Gasteiger partial charge in [-0.3, -0.25) is 4.79 Å². The van der Waals surface area contributed by atoms with Crippen molar-refractivity contribution in [1.82, 2.24) is 0 Å². The van der Waals surface area contributed by atoms with Crippen LogP contribution >= 0.6 is 0 Å². The second-order valence-corrected chi connectivity index (χ2v) is 5.69. The minimum atomic E-state index is -0.596. The molecule has 1 aromatic rings. The Kier molecular flexibility index (Phi) is 2.38. The third kappa shape index (κ3) is 1.41. The van der Waals surface area contributed by atoms with E-state index in [1.165, 1.54) is 0 Å². The molecule has 1 aliphatic carbocycles. The molecule has 0 unspecified atom stereocenters. The van der Waals surface area contributed by atoms with Crippen LogP contribution in [0.1, 0.15) is 18.4 Å². The first-order valence-electron chi connectivity index (χ1n) is 7.03. The van der Waals surface area contributed by atoms with Crippen molar-refractivity contribution in [2.45, 2.75) is 24.0 Å². The van der Waals surface area contributed by atoms with Crippen LogP contribution in [0.15, 0.2) is 36.4 Å². The molecule has 2 aliphatic heterocycles. The molecular formula is C16H17NO3. The van der Waals surface area contributed by atoms with Crippen LogP contribution in [0.2, 0.25) is 0 Å². The quantitative estimate of drug-likeness (QED) is 0.677. The van der Waals surface area contributed by atoms with Gasteiger partial charge in [-0.25, -0.2) is 0 Å². The number of benzene rings is 1. The Labute approximate surface area is 118 Å². The summed E-state index contributed by atoms with van der Waals surface area (Å²) in [5.74, 6) is -0.454. The molecule has 1 saturated heterocycles. The van der Waals surface area contributed by atoms with Crippen molar-refractivity contribution in [1.29, 1.82) is 0 Å². The van der Waals surface area contributed by atoms with Crippen LogP contribution in [-0.2, 0) is 19.7 Å². The fraction of sp³-hybridized carbons (Fsp3) is 0.438. The van der Waals surface area contributed by atoms with Crippen LogP contribution in [0.5, 0.6) is 0 Å². The predicted octanol–water partition coefficient (Wildman–Crippen LogP) is 1.99. The van der Waals surface area contributed by atoms with Gasteiger partial charge in [-0.05, 0) is 24.1 Å². The van der Waals surface area contributed by atoms with E-state index >= 15 is 0 Å². The number of rotatable bonds is 0. The second-order valence-electron chi connectivity index (χ2n) is 5.69. The molecule has 2 heterocycles. The number of hydrogen-bond donors (Lipinski definition) is 0. The lowest BCUT2D eigenvalue weighted by Gasteiger charge is -2.35. The van der Waals surface area contributed by atoms with Crippen LogP contribution in [0.25, 0.3) is 0 Å². The summed E-state index contributed by atoms with van der Waals surface area (Å²) in [5.41, 5.74) is 1.56. The molecule has 2 spiro atoms. The van der Waals surface area contributed by atoms with E-state index in [0.717, 1.165) is 24.1 Å². The third-order valence-corrected chi connectivity index (χ3v) is 4.70. The molecule has 3 aliphatic rings. The Morgan fingerprint density at radius 1 is 1.10 bits per heavy atom. The number of ether oxygens (including phenoxy) is 2. The van der Waals surface area contributed by atoms with Gasteiger partial charge in [-0.15, -0.1) is 0 Å². The van der Waals surface area contributed by atoms with Gasteiger partial charge < -0.3 is 14.4 Å². The van der Waals surface area contributed by atoms with Crippen LogP contribution in [0, 0.1) is 0 Å². The molecule has 1 amide bonds. The van der Waals surface area contributed by atoms with Gasteiger partial charge in [0.25, 0.3) is 0 Å². The summed E-state index contributed by atoms with van der Waals surface area (Å²) in [6.45, 7) is 1.25. The van der Waals surface area contributed by atoms with Crippen molar-refractivity contribution in [3.63, 3.8) is 0 Å². The summed E-state index contributed by atoms with van der Waals surface area (Å²) in [4.78, 5) is 14.5. The molecule has 0 bridgehead atoms. The van der Waals surface area contributed by atoms with E-state index < -0.39 is 11.2 Å². The minimum absolute atomic E-state index is 0.141. The number of nitrogens with zero attached hydrogens (tertiary/aromatic N) is 1. The van der Waals surface area contributed by atoms with Crippen molar-refractivity contribution in [2.24, 2.45) is 0 Å². The highest BCUT2D eigenvalue weighted by molar-refractivity contribution is 6.09. The van der Waals surface area contributed by atoms with Crippen molar-refractivity contribution in [2.75, 3.05) is 25.2 Å². The third-order valence-electron chi connectivity index (χ3n) is 4.70. The van der Waals surface area contributed by atoms with Crippen LogP contribution in [-0.4, -0.2) is 32.0 Å². The van der Waals surface area contributed by atoms with E-state index in [1.54, 1.807) is 4.90 Å². The number of hydrogen-bond acceptors (Lipinski definition) is 3. The summed E-state index contributed by atoms with van der Waals surface area (Å²) in [6.07, 6.45) is 5.38. The number of likely N-dealkylation sites (N-methyl/N-ethyl adjacent to an activating group) is 1. The number of para-hydroxylation sites is 1. The van der Waals surface area contributed by atoms with E-state index in [0.29, 0.717) is 13.2 Å². The molecule has 4 nitrogen and oxygen atoms in total. The monoisotopic (exact) mass is 271 g/mol. The topological polar surface area (TPSA) is 38.8 Å². The second kappa shape index (κ2) is 3.93. The number of amides is 1. The van der Waals surface area contributed by atoms with Gasteiger partial charge in [0.05, 0.1) is 18.6 Å². The average molecular weight is 271 g/mol. The van der Waals surface area contributed by atoms with Gasteiger partial charge >= 0.3 is 0 Å². The van der Waals surface area contributed by atoms with Crippen LogP contribution < -0.4 is 4.90 Å². The summed E-state index contributed by atoms with van der Waals surface area (Å²) in [5, 5.41) is 0. The standard InChI is InChI=1S/C16H17NO3/c1-17-13-5-3-2-4-12(13)15(14(17)18)6-8-16(9-7-15)19-10-11-20-16/h2-6,8H,7,9-11H2,1H3/t15-/m1/s1. The molecule has 0 radical (unpaired) electrons. The van der Waals surface area contributed by atoms with Gasteiger partial charge in [0, 0.05) is 19.2 Å². The first-order valence-corrected chi connectivity index (χ1v) is 7.03. The Hall–Kier alpha value is -1.65. The Bertz CT molecular complexity index is 603. The predicted molar refractivity (Wildman–Crippen MR) is 74.5 cm³/mol. The number of fused-ring (bicyclic) bond motifs is 2. The average Bonchev–Trinajstić information content (AvgIpc) is 3.02. The molecule has 4 rings (SSSR count). The molecule has 20 heavy (non-hydrogen) atoms. The molecule has 0 saturated carbocycles. The Balaban J connectivity index is 1.81. The highest BCUT2D eigenvalue weighted by Crippen LogP contribution is 2.49. The molecule has 1 aromatic carbocycles. The van der Waals surface area contributed by atoms with E-state index in [-0.39, 0.29) is 5.91 Å². The van der Waals surface area contributed by atoms with Crippen LogP contribution in [0.3, 0.4) is 0 Å². The fourth-order valence-electron chi connectivity index (χ4n) is 3.59. The lowest BCUT2D eigenvalue weighted by molar-refractivity contribution is -0.135. The number of anilines is 1. The summed E-state index contributed by atoms with van der Waals surface area (Å²) in [7, 11) is 1.84. The maximum Gasteiger partial charge on any atom is 0.241 e. The molecule has 4 heteroatoms. The van der Waals surface area contributed by atoms with Crippen molar-refractivity contribution < 1.29 is 14.3 Å². The van der Waals surface area contributed by atoms with Gasteiger partial charge in [0.1, 0.15) is 0 Å². The molecule has 0 N–H and O–H groups in total. The van der Waals surface area contributed by atoms with Gasteiger partial charge in [0.2, 0.25) is 5.91 Å². The zero-order chi connectivity index (χ0) is 13.8. The Morgan fingerprint density at radius 3 is 2.55 bits per heavy atom. The number of carbonyl (C=O) groups excluding carboxylic acids is 1.